The minimum absolute atomic E-state index is 0.356. The zero-order chi connectivity index (χ0) is 21.9. The molecule has 1 aromatic carbocycles. The molecule has 2 N–H and O–H groups in total. The standard InChI is InChI=1S/C23H35ClN2O4/c1-22(2,3)30-21(28)26-14-10-23(29,11-15-26)20(27)16-25-12-8-18(9-13-25)17-4-6-19(24)7-5-17/h4-7,18,20,27,29H,8-16H2,1-3H3. The molecule has 0 radical (unpaired) electrons. The fourth-order valence-electron chi connectivity index (χ4n) is 4.33. The number of nitrogens with zero attached hydrogens (tertiary/aromatic N) is 2. The van der Waals surface area contributed by atoms with Crippen molar-refractivity contribution in [2.75, 3.05) is 32.7 Å². The van der Waals surface area contributed by atoms with Crippen LogP contribution in [0.3, 0.4) is 0 Å². The van der Waals surface area contributed by atoms with Crippen molar-refractivity contribution in [3.63, 3.8) is 0 Å². The number of likely N-dealkylation sites (tertiary alicyclic amines) is 2. The summed E-state index contributed by atoms with van der Waals surface area (Å²) in [6.45, 7) is 8.54. The molecule has 1 amide bonds. The van der Waals surface area contributed by atoms with Crippen LogP contribution in [0.25, 0.3) is 0 Å². The van der Waals surface area contributed by atoms with E-state index >= 15 is 0 Å². The SMILES string of the molecule is CC(C)(C)OC(=O)N1CCC(O)(C(O)CN2CCC(c3ccc(Cl)cc3)CC2)CC1. The Kier molecular flexibility index (Phi) is 7.33. The van der Waals surface area contributed by atoms with Crippen LogP contribution in [-0.2, 0) is 4.74 Å². The molecule has 1 unspecified atom stereocenters. The summed E-state index contributed by atoms with van der Waals surface area (Å²) in [4.78, 5) is 16.1. The first-order valence-corrected chi connectivity index (χ1v) is 11.3. The van der Waals surface area contributed by atoms with E-state index in [0.29, 0.717) is 38.4 Å². The monoisotopic (exact) mass is 438 g/mol. The van der Waals surface area contributed by atoms with Gasteiger partial charge in [0.2, 0.25) is 0 Å². The highest BCUT2D eigenvalue weighted by Crippen LogP contribution is 2.31. The van der Waals surface area contributed by atoms with Crippen molar-refractivity contribution in [2.45, 2.75) is 69.7 Å². The van der Waals surface area contributed by atoms with Crippen LogP contribution in [0.5, 0.6) is 0 Å². The summed E-state index contributed by atoms with van der Waals surface area (Å²) in [7, 11) is 0. The molecule has 2 heterocycles. The van der Waals surface area contributed by atoms with Crippen LogP contribution in [-0.4, -0.2) is 76.1 Å². The summed E-state index contributed by atoms with van der Waals surface area (Å²) in [6, 6.07) is 8.07. The van der Waals surface area contributed by atoms with E-state index in [1.807, 2.05) is 32.9 Å². The molecule has 2 saturated heterocycles. The molecule has 1 aromatic rings. The second-order valence-electron chi connectivity index (χ2n) is 9.71. The predicted octanol–water partition coefficient (Wildman–Crippen LogP) is 3.64. The van der Waals surface area contributed by atoms with Crippen LogP contribution in [0, 0.1) is 0 Å². The molecule has 1 atom stereocenters. The Labute approximate surface area is 184 Å². The van der Waals surface area contributed by atoms with E-state index in [9.17, 15) is 15.0 Å². The maximum atomic E-state index is 12.2. The lowest BCUT2D eigenvalue weighted by molar-refractivity contribution is -0.117. The molecule has 0 aliphatic carbocycles. The first kappa shape index (κ1) is 23.3. The molecule has 0 saturated carbocycles. The van der Waals surface area contributed by atoms with E-state index < -0.39 is 17.3 Å². The van der Waals surface area contributed by atoms with E-state index in [2.05, 4.69) is 17.0 Å². The van der Waals surface area contributed by atoms with Crippen molar-refractivity contribution in [1.82, 2.24) is 9.80 Å². The number of β-amino-alcohol motifs (C(OH)–C–C–N with tert-alkyl or cyclic N) is 1. The Hall–Kier alpha value is -1.34. The quantitative estimate of drug-likeness (QED) is 0.750. The van der Waals surface area contributed by atoms with E-state index in [-0.39, 0.29) is 6.09 Å². The molecule has 7 heteroatoms. The second-order valence-corrected chi connectivity index (χ2v) is 10.1. The molecule has 2 aliphatic heterocycles. The average molecular weight is 439 g/mol. The molecule has 2 fully saturated rings. The van der Waals surface area contributed by atoms with Gasteiger partial charge in [-0.05, 0) is 83.2 Å². The van der Waals surface area contributed by atoms with Gasteiger partial charge in [-0.15, -0.1) is 0 Å². The number of rotatable bonds is 4. The highest BCUT2D eigenvalue weighted by molar-refractivity contribution is 6.30. The lowest BCUT2D eigenvalue weighted by atomic mass is 9.84. The molecule has 6 nitrogen and oxygen atoms in total. The third kappa shape index (κ3) is 6.10. The van der Waals surface area contributed by atoms with Gasteiger partial charge in [0.25, 0.3) is 0 Å². The number of aliphatic hydroxyl groups excluding tert-OH is 1. The van der Waals surface area contributed by atoms with Crippen LogP contribution < -0.4 is 0 Å². The summed E-state index contributed by atoms with van der Waals surface area (Å²) in [5.74, 6) is 0.510. The van der Waals surface area contributed by atoms with E-state index in [0.717, 1.165) is 31.0 Å². The Morgan fingerprint density at radius 2 is 1.73 bits per heavy atom. The van der Waals surface area contributed by atoms with Gasteiger partial charge in [0.1, 0.15) is 5.60 Å². The molecular weight excluding hydrogens is 404 g/mol. The summed E-state index contributed by atoms with van der Waals surface area (Å²) in [5.41, 5.74) is -0.388. The van der Waals surface area contributed by atoms with Crippen LogP contribution in [0.4, 0.5) is 4.79 Å². The third-order valence-corrected chi connectivity index (χ3v) is 6.51. The van der Waals surface area contributed by atoms with Gasteiger partial charge in [-0.2, -0.15) is 0 Å². The number of hydrogen-bond donors (Lipinski definition) is 2. The highest BCUT2D eigenvalue weighted by atomic mass is 35.5. The maximum Gasteiger partial charge on any atom is 0.410 e. The normalized spacial score (nSPS) is 22.0. The van der Waals surface area contributed by atoms with Crippen LogP contribution in [0.15, 0.2) is 24.3 Å². The third-order valence-electron chi connectivity index (χ3n) is 6.26. The Balaban J connectivity index is 1.45. The first-order valence-electron chi connectivity index (χ1n) is 10.9. The molecule has 0 bridgehead atoms. The molecule has 30 heavy (non-hydrogen) atoms. The minimum Gasteiger partial charge on any atom is -0.444 e. The van der Waals surface area contributed by atoms with Gasteiger partial charge in [0.15, 0.2) is 0 Å². The highest BCUT2D eigenvalue weighted by Gasteiger charge is 2.41. The van der Waals surface area contributed by atoms with Gasteiger partial charge in [-0.1, -0.05) is 23.7 Å². The van der Waals surface area contributed by atoms with Gasteiger partial charge < -0.3 is 24.7 Å². The van der Waals surface area contributed by atoms with Crippen molar-refractivity contribution < 1.29 is 19.7 Å². The van der Waals surface area contributed by atoms with Gasteiger partial charge >= 0.3 is 6.09 Å². The number of halogens is 1. The second kappa shape index (κ2) is 9.43. The Morgan fingerprint density at radius 1 is 1.17 bits per heavy atom. The summed E-state index contributed by atoms with van der Waals surface area (Å²) < 4.78 is 5.41. The van der Waals surface area contributed by atoms with Crippen molar-refractivity contribution in [1.29, 1.82) is 0 Å². The molecule has 3 rings (SSSR count). The number of carbonyl (C=O) groups is 1. The first-order chi connectivity index (χ1) is 14.1. The molecule has 0 aromatic heterocycles. The number of amides is 1. The summed E-state index contributed by atoms with van der Waals surface area (Å²) in [5, 5.41) is 22.5. The zero-order valence-corrected chi connectivity index (χ0v) is 19.1. The molecule has 0 spiro atoms. The van der Waals surface area contributed by atoms with Crippen molar-refractivity contribution in [3.8, 4) is 0 Å². The van der Waals surface area contributed by atoms with E-state index in [1.54, 1.807) is 4.90 Å². The molecular formula is C23H35ClN2O4. The number of piperidine rings is 2. The summed E-state index contributed by atoms with van der Waals surface area (Å²) in [6.07, 6.45) is 1.58. The number of carbonyl (C=O) groups excluding carboxylic acids is 1. The smallest absolute Gasteiger partial charge is 0.410 e. The van der Waals surface area contributed by atoms with Crippen LogP contribution in [0.1, 0.15) is 57.9 Å². The fourth-order valence-corrected chi connectivity index (χ4v) is 4.46. The number of hydrogen-bond acceptors (Lipinski definition) is 5. The minimum atomic E-state index is -1.16. The van der Waals surface area contributed by atoms with Crippen LogP contribution in [0.2, 0.25) is 5.02 Å². The van der Waals surface area contributed by atoms with Crippen molar-refractivity contribution in [3.05, 3.63) is 34.9 Å². The fraction of sp³-hybridized carbons (Fsp3) is 0.696. The Bertz CT molecular complexity index is 703. The lowest BCUT2D eigenvalue weighted by Crippen LogP contribution is -2.56. The number of aliphatic hydroxyl groups is 2. The zero-order valence-electron chi connectivity index (χ0n) is 18.3. The maximum absolute atomic E-state index is 12.2. The molecule has 2 aliphatic rings. The van der Waals surface area contributed by atoms with Crippen molar-refractivity contribution in [2.24, 2.45) is 0 Å². The van der Waals surface area contributed by atoms with Gasteiger partial charge in [-0.3, -0.25) is 0 Å². The topological polar surface area (TPSA) is 73.2 Å². The summed E-state index contributed by atoms with van der Waals surface area (Å²) >= 11 is 5.98. The number of ether oxygens (including phenoxy) is 1. The number of benzene rings is 1. The lowest BCUT2D eigenvalue weighted by Gasteiger charge is -2.43. The van der Waals surface area contributed by atoms with Gasteiger partial charge in [0, 0.05) is 24.7 Å². The average Bonchev–Trinajstić information content (AvgIpc) is 2.68. The van der Waals surface area contributed by atoms with Crippen LogP contribution >= 0.6 is 11.6 Å². The van der Waals surface area contributed by atoms with Crippen molar-refractivity contribution >= 4 is 17.7 Å². The van der Waals surface area contributed by atoms with E-state index in [1.165, 1.54) is 5.56 Å². The Morgan fingerprint density at radius 3 is 2.27 bits per heavy atom. The van der Waals surface area contributed by atoms with E-state index in [4.69, 9.17) is 16.3 Å². The van der Waals surface area contributed by atoms with Gasteiger partial charge in [-0.25, -0.2) is 4.79 Å². The molecule has 168 valence electrons. The van der Waals surface area contributed by atoms with Gasteiger partial charge in [0.05, 0.1) is 11.7 Å². The predicted molar refractivity (Wildman–Crippen MR) is 118 cm³/mol. The largest absolute Gasteiger partial charge is 0.444 e.